The highest BCUT2D eigenvalue weighted by Gasteiger charge is 2.45. The number of nitrogens with two attached hydrogens (primary N) is 1. The van der Waals surface area contributed by atoms with Gasteiger partial charge in [0.15, 0.2) is 0 Å². The van der Waals surface area contributed by atoms with Gasteiger partial charge in [-0.05, 0) is 43.6 Å². The second-order valence-electron chi connectivity index (χ2n) is 7.35. The molecule has 0 aromatic carbocycles. The van der Waals surface area contributed by atoms with Crippen molar-refractivity contribution in [3.05, 3.63) is 0 Å². The van der Waals surface area contributed by atoms with Crippen LogP contribution in [0.1, 0.15) is 65.7 Å². The first-order valence-corrected chi connectivity index (χ1v) is 7.99. The van der Waals surface area contributed by atoms with E-state index in [0.29, 0.717) is 11.0 Å². The van der Waals surface area contributed by atoms with Crippen molar-refractivity contribution >= 4 is 0 Å². The van der Waals surface area contributed by atoms with E-state index in [9.17, 15) is 0 Å². The Labute approximate surface area is 113 Å². The van der Waals surface area contributed by atoms with Crippen molar-refractivity contribution < 1.29 is 0 Å². The molecule has 0 amide bonds. The van der Waals surface area contributed by atoms with Gasteiger partial charge in [-0.3, -0.25) is 4.90 Å². The number of hydrogen-bond acceptors (Lipinski definition) is 2. The number of piperidine rings is 1. The molecule has 1 saturated carbocycles. The lowest BCUT2D eigenvalue weighted by Crippen LogP contribution is -2.63. The normalized spacial score (nSPS) is 37.7. The second-order valence-corrected chi connectivity index (χ2v) is 7.35. The minimum atomic E-state index is 0.324. The van der Waals surface area contributed by atoms with Crippen molar-refractivity contribution in [2.24, 2.45) is 17.1 Å². The predicted octanol–water partition coefficient (Wildman–Crippen LogP) is 3.41. The molecular weight excluding hydrogens is 220 g/mol. The van der Waals surface area contributed by atoms with Gasteiger partial charge in [0.25, 0.3) is 0 Å². The SMILES string of the molecule is CCC1CCCCC1(CN)N1CCCC(C)(C)C1. The number of rotatable bonds is 3. The van der Waals surface area contributed by atoms with Crippen LogP contribution in [0.25, 0.3) is 0 Å². The third-order valence-corrected chi connectivity index (χ3v) is 5.55. The minimum absolute atomic E-state index is 0.324. The topological polar surface area (TPSA) is 29.3 Å². The van der Waals surface area contributed by atoms with Crippen LogP contribution in [0.4, 0.5) is 0 Å². The van der Waals surface area contributed by atoms with Crippen molar-refractivity contribution in [3.8, 4) is 0 Å². The Kier molecular flexibility index (Phi) is 4.38. The molecule has 1 aliphatic carbocycles. The van der Waals surface area contributed by atoms with Crippen molar-refractivity contribution in [3.63, 3.8) is 0 Å². The molecule has 2 atom stereocenters. The van der Waals surface area contributed by atoms with E-state index in [1.165, 1.54) is 58.0 Å². The molecule has 18 heavy (non-hydrogen) atoms. The molecule has 0 bridgehead atoms. The molecule has 0 aromatic rings. The van der Waals surface area contributed by atoms with Crippen LogP contribution in [0, 0.1) is 11.3 Å². The van der Waals surface area contributed by atoms with E-state index in [2.05, 4.69) is 25.7 Å². The van der Waals surface area contributed by atoms with Gasteiger partial charge in [-0.2, -0.15) is 0 Å². The first-order valence-electron chi connectivity index (χ1n) is 7.99. The lowest BCUT2D eigenvalue weighted by Gasteiger charge is -2.55. The fourth-order valence-electron chi connectivity index (χ4n) is 4.50. The van der Waals surface area contributed by atoms with Crippen molar-refractivity contribution in [2.45, 2.75) is 71.3 Å². The fraction of sp³-hybridized carbons (Fsp3) is 1.00. The monoisotopic (exact) mass is 252 g/mol. The van der Waals surface area contributed by atoms with Gasteiger partial charge in [-0.1, -0.05) is 40.0 Å². The molecule has 0 spiro atoms. The maximum absolute atomic E-state index is 6.28. The maximum Gasteiger partial charge on any atom is 0.0359 e. The minimum Gasteiger partial charge on any atom is -0.329 e. The Morgan fingerprint density at radius 3 is 2.56 bits per heavy atom. The van der Waals surface area contributed by atoms with Gasteiger partial charge >= 0.3 is 0 Å². The first-order chi connectivity index (χ1) is 8.54. The van der Waals surface area contributed by atoms with Gasteiger partial charge in [-0.15, -0.1) is 0 Å². The maximum atomic E-state index is 6.28. The number of nitrogens with zero attached hydrogens (tertiary/aromatic N) is 1. The Morgan fingerprint density at radius 1 is 1.17 bits per heavy atom. The lowest BCUT2D eigenvalue weighted by atomic mass is 9.68. The summed E-state index contributed by atoms with van der Waals surface area (Å²) in [7, 11) is 0. The van der Waals surface area contributed by atoms with Crippen molar-refractivity contribution in [2.75, 3.05) is 19.6 Å². The van der Waals surface area contributed by atoms with Crippen LogP contribution in [-0.4, -0.2) is 30.1 Å². The largest absolute Gasteiger partial charge is 0.329 e. The predicted molar refractivity (Wildman–Crippen MR) is 78.6 cm³/mol. The summed E-state index contributed by atoms with van der Waals surface area (Å²) in [5, 5.41) is 0. The fourth-order valence-corrected chi connectivity index (χ4v) is 4.50. The van der Waals surface area contributed by atoms with Gasteiger partial charge in [0, 0.05) is 18.6 Å². The highest BCUT2D eigenvalue weighted by molar-refractivity contribution is 5.01. The zero-order chi connectivity index (χ0) is 13.2. The van der Waals surface area contributed by atoms with Crippen LogP contribution >= 0.6 is 0 Å². The summed E-state index contributed by atoms with van der Waals surface area (Å²) in [4.78, 5) is 2.78. The third kappa shape index (κ3) is 2.60. The van der Waals surface area contributed by atoms with Crippen LogP contribution in [-0.2, 0) is 0 Å². The summed E-state index contributed by atoms with van der Waals surface area (Å²) in [6.07, 6.45) is 9.55. The molecule has 2 aliphatic rings. The molecule has 2 N–H and O–H groups in total. The van der Waals surface area contributed by atoms with Crippen molar-refractivity contribution in [1.82, 2.24) is 4.90 Å². The molecule has 2 unspecified atom stereocenters. The first kappa shape index (κ1) is 14.3. The molecule has 1 saturated heterocycles. The van der Waals surface area contributed by atoms with E-state index in [-0.39, 0.29) is 0 Å². The number of likely N-dealkylation sites (tertiary alicyclic amines) is 1. The zero-order valence-corrected chi connectivity index (χ0v) is 12.7. The summed E-state index contributed by atoms with van der Waals surface area (Å²) >= 11 is 0. The highest BCUT2D eigenvalue weighted by Crippen LogP contribution is 2.43. The summed E-state index contributed by atoms with van der Waals surface area (Å²) in [5.74, 6) is 0.824. The molecule has 2 heteroatoms. The molecule has 0 radical (unpaired) electrons. The Morgan fingerprint density at radius 2 is 1.94 bits per heavy atom. The highest BCUT2D eigenvalue weighted by atomic mass is 15.2. The van der Waals surface area contributed by atoms with Crippen molar-refractivity contribution in [1.29, 1.82) is 0 Å². The van der Waals surface area contributed by atoms with E-state index in [1.807, 2.05) is 0 Å². The van der Waals surface area contributed by atoms with Crippen LogP contribution in [0.3, 0.4) is 0 Å². The van der Waals surface area contributed by atoms with Crippen LogP contribution in [0.5, 0.6) is 0 Å². The van der Waals surface area contributed by atoms with Crippen LogP contribution < -0.4 is 5.73 Å². The molecule has 106 valence electrons. The summed E-state index contributed by atoms with van der Waals surface area (Å²) in [5.41, 5.74) is 7.09. The van der Waals surface area contributed by atoms with Gasteiger partial charge in [0.1, 0.15) is 0 Å². The van der Waals surface area contributed by atoms with E-state index in [4.69, 9.17) is 5.73 Å². The van der Waals surface area contributed by atoms with Gasteiger partial charge in [0.2, 0.25) is 0 Å². The quantitative estimate of drug-likeness (QED) is 0.834. The molecule has 2 nitrogen and oxygen atoms in total. The van der Waals surface area contributed by atoms with Gasteiger partial charge < -0.3 is 5.73 Å². The molecule has 0 aromatic heterocycles. The Bertz CT molecular complexity index is 274. The second kappa shape index (κ2) is 5.50. The molecule has 1 aliphatic heterocycles. The van der Waals surface area contributed by atoms with Gasteiger partial charge in [0.05, 0.1) is 0 Å². The lowest BCUT2D eigenvalue weighted by molar-refractivity contribution is -0.0397. The molecular formula is C16H32N2. The Hall–Kier alpha value is -0.0800. The van der Waals surface area contributed by atoms with E-state index in [0.717, 1.165) is 12.5 Å². The summed E-state index contributed by atoms with van der Waals surface area (Å²) in [6.45, 7) is 10.6. The molecule has 1 heterocycles. The van der Waals surface area contributed by atoms with Crippen LogP contribution in [0.15, 0.2) is 0 Å². The van der Waals surface area contributed by atoms with Crippen LogP contribution in [0.2, 0.25) is 0 Å². The summed E-state index contributed by atoms with van der Waals surface area (Å²) < 4.78 is 0. The van der Waals surface area contributed by atoms with E-state index < -0.39 is 0 Å². The third-order valence-electron chi connectivity index (χ3n) is 5.55. The Balaban J connectivity index is 2.19. The number of hydrogen-bond donors (Lipinski definition) is 1. The molecule has 2 fully saturated rings. The average Bonchev–Trinajstić information content (AvgIpc) is 2.37. The molecule has 2 rings (SSSR count). The standard InChI is InChI=1S/C16H32N2/c1-4-14-8-5-6-10-16(14,12-17)18-11-7-9-15(2,3)13-18/h14H,4-13,17H2,1-3H3. The zero-order valence-electron chi connectivity index (χ0n) is 12.7. The van der Waals surface area contributed by atoms with E-state index >= 15 is 0 Å². The average molecular weight is 252 g/mol. The smallest absolute Gasteiger partial charge is 0.0359 e. The van der Waals surface area contributed by atoms with E-state index in [1.54, 1.807) is 0 Å². The summed E-state index contributed by atoms with van der Waals surface area (Å²) in [6, 6.07) is 0. The van der Waals surface area contributed by atoms with Gasteiger partial charge in [-0.25, -0.2) is 0 Å².